The normalized spacial score (nSPS) is 10.8. The molecule has 0 spiro atoms. The number of halogens is 2. The lowest BCUT2D eigenvalue weighted by atomic mass is 10.0. The number of fused-ring (bicyclic) bond motifs is 1. The fraction of sp³-hybridized carbons (Fsp3) is 0.100. The summed E-state index contributed by atoms with van der Waals surface area (Å²) in [6, 6.07) is 14.3. The maximum absolute atomic E-state index is 15.1. The van der Waals surface area contributed by atoms with E-state index < -0.39 is 23.0 Å². The second-order valence-corrected chi connectivity index (χ2v) is 8.82. The van der Waals surface area contributed by atoms with Crippen LogP contribution in [0.2, 0.25) is 0 Å². The number of aryl methyl sites for hydroxylation is 1. The first kappa shape index (κ1) is 26.4. The second-order valence-electron chi connectivity index (χ2n) is 8.82. The maximum atomic E-state index is 15.1. The Kier molecular flexibility index (Phi) is 7.15. The van der Waals surface area contributed by atoms with Crippen molar-refractivity contribution in [1.29, 1.82) is 0 Å². The van der Waals surface area contributed by atoms with Crippen LogP contribution >= 0.6 is 0 Å². The molecule has 0 atom stereocenters. The number of nitrogens with zero attached hydrogens (tertiary/aromatic N) is 2. The molecule has 10 heteroatoms. The molecule has 0 saturated carbocycles. The van der Waals surface area contributed by atoms with Crippen LogP contribution in [-0.2, 0) is 7.05 Å². The minimum atomic E-state index is -0.740. The molecule has 0 unspecified atom stereocenters. The highest BCUT2D eigenvalue weighted by molar-refractivity contribution is 6.04. The molecule has 0 aliphatic rings. The minimum absolute atomic E-state index is 0.0884. The van der Waals surface area contributed by atoms with Crippen LogP contribution in [0.3, 0.4) is 0 Å². The highest BCUT2D eigenvalue weighted by Crippen LogP contribution is 2.37. The van der Waals surface area contributed by atoms with E-state index in [0.29, 0.717) is 33.7 Å². The summed E-state index contributed by atoms with van der Waals surface area (Å²) in [5.74, 6) is -0.710. The molecule has 0 aliphatic heterocycles. The molecule has 0 bridgehead atoms. The number of anilines is 1. The number of amides is 1. The molecule has 5 aromatic rings. The van der Waals surface area contributed by atoms with E-state index in [1.807, 2.05) is 0 Å². The van der Waals surface area contributed by atoms with E-state index in [0.717, 1.165) is 6.07 Å². The van der Waals surface area contributed by atoms with Crippen molar-refractivity contribution in [3.63, 3.8) is 0 Å². The lowest BCUT2D eigenvalue weighted by molar-refractivity contribution is 0.102. The van der Waals surface area contributed by atoms with Crippen LogP contribution in [0.1, 0.15) is 10.4 Å². The van der Waals surface area contributed by atoms with Crippen molar-refractivity contribution in [1.82, 2.24) is 9.55 Å². The Labute approximate surface area is 227 Å². The van der Waals surface area contributed by atoms with Gasteiger partial charge in [-0.3, -0.25) is 14.6 Å². The van der Waals surface area contributed by atoms with E-state index in [2.05, 4.69) is 10.3 Å². The van der Waals surface area contributed by atoms with Gasteiger partial charge in [-0.25, -0.2) is 8.78 Å². The van der Waals surface area contributed by atoms with Crippen molar-refractivity contribution in [2.45, 2.75) is 0 Å². The molecule has 2 aromatic heterocycles. The Hall–Kier alpha value is -5.25. The van der Waals surface area contributed by atoms with Crippen LogP contribution in [0.5, 0.6) is 23.0 Å². The predicted molar refractivity (Wildman–Crippen MR) is 146 cm³/mol. The van der Waals surface area contributed by atoms with Gasteiger partial charge in [-0.05, 0) is 42.0 Å². The molecular formula is C30H23F2N3O5. The van der Waals surface area contributed by atoms with E-state index in [4.69, 9.17) is 14.2 Å². The molecule has 0 fully saturated rings. The monoisotopic (exact) mass is 543 g/mol. The molecular weight excluding hydrogens is 520 g/mol. The van der Waals surface area contributed by atoms with Crippen molar-refractivity contribution in [2.75, 3.05) is 19.5 Å². The summed E-state index contributed by atoms with van der Waals surface area (Å²) in [7, 11) is 4.67. The van der Waals surface area contributed by atoms with Gasteiger partial charge in [-0.2, -0.15) is 0 Å². The third kappa shape index (κ3) is 5.19. The first-order chi connectivity index (χ1) is 19.3. The molecule has 0 aliphatic carbocycles. The van der Waals surface area contributed by atoms with Crippen LogP contribution < -0.4 is 25.0 Å². The van der Waals surface area contributed by atoms with E-state index in [1.54, 1.807) is 36.0 Å². The lowest BCUT2D eigenvalue weighted by Crippen LogP contribution is -2.24. The average molecular weight is 544 g/mol. The summed E-state index contributed by atoms with van der Waals surface area (Å²) in [5, 5.41) is 3.13. The van der Waals surface area contributed by atoms with E-state index in [9.17, 15) is 14.0 Å². The number of carbonyl (C=O) groups excluding carboxylic acids is 1. The zero-order valence-electron chi connectivity index (χ0n) is 21.7. The van der Waals surface area contributed by atoms with Crippen LogP contribution in [-0.4, -0.2) is 29.7 Å². The summed E-state index contributed by atoms with van der Waals surface area (Å²) >= 11 is 0. The zero-order chi connectivity index (χ0) is 28.4. The first-order valence-electron chi connectivity index (χ1n) is 12.0. The molecule has 0 radical (unpaired) electrons. The molecule has 0 saturated heterocycles. The van der Waals surface area contributed by atoms with Gasteiger partial charge in [0.2, 0.25) is 5.43 Å². The minimum Gasteiger partial charge on any atom is -0.493 e. The highest BCUT2D eigenvalue weighted by Gasteiger charge is 2.18. The number of benzene rings is 3. The van der Waals surface area contributed by atoms with E-state index >= 15 is 4.39 Å². The third-order valence-electron chi connectivity index (χ3n) is 6.17. The van der Waals surface area contributed by atoms with Gasteiger partial charge in [0.25, 0.3) is 5.91 Å². The SMILES string of the molecule is COc1cc2nccc(Oc3ccc(NC(=O)c4cn(C)cc(-c5ccc(F)cc5)c4=O)cc3F)c2cc1OC. The Bertz CT molecular complexity index is 1800. The summed E-state index contributed by atoms with van der Waals surface area (Å²) < 4.78 is 46.5. The first-order valence-corrected chi connectivity index (χ1v) is 12.0. The fourth-order valence-corrected chi connectivity index (χ4v) is 4.22. The molecule has 3 aromatic carbocycles. The van der Waals surface area contributed by atoms with Crippen LogP contribution in [0.25, 0.3) is 22.0 Å². The summed E-state index contributed by atoms with van der Waals surface area (Å²) in [6.07, 6.45) is 4.44. The van der Waals surface area contributed by atoms with Gasteiger partial charge in [-0.15, -0.1) is 0 Å². The zero-order valence-corrected chi connectivity index (χ0v) is 21.7. The smallest absolute Gasteiger partial charge is 0.261 e. The summed E-state index contributed by atoms with van der Waals surface area (Å²) in [4.78, 5) is 30.4. The molecule has 2 heterocycles. The summed E-state index contributed by atoms with van der Waals surface area (Å²) in [6.45, 7) is 0. The number of methoxy groups -OCH3 is 2. The van der Waals surface area contributed by atoms with Gasteiger partial charge in [0.1, 0.15) is 17.1 Å². The number of carbonyl (C=O) groups is 1. The van der Waals surface area contributed by atoms with Gasteiger partial charge in [-0.1, -0.05) is 12.1 Å². The quantitative estimate of drug-likeness (QED) is 0.273. The Morgan fingerprint density at radius 2 is 1.60 bits per heavy atom. The molecule has 1 amide bonds. The van der Waals surface area contributed by atoms with Crippen molar-refractivity contribution < 1.29 is 27.8 Å². The van der Waals surface area contributed by atoms with Crippen molar-refractivity contribution in [3.8, 4) is 34.1 Å². The largest absolute Gasteiger partial charge is 0.493 e. The molecule has 8 nitrogen and oxygen atoms in total. The number of rotatable bonds is 7. The highest BCUT2D eigenvalue weighted by atomic mass is 19.1. The summed E-state index contributed by atoms with van der Waals surface area (Å²) in [5.41, 5.74) is 0.670. The van der Waals surface area contributed by atoms with Crippen LogP contribution in [0, 0.1) is 11.6 Å². The molecule has 40 heavy (non-hydrogen) atoms. The number of pyridine rings is 2. The third-order valence-corrected chi connectivity index (χ3v) is 6.17. The Morgan fingerprint density at radius 1 is 0.875 bits per heavy atom. The van der Waals surface area contributed by atoms with E-state index in [1.165, 1.54) is 63.0 Å². The number of hydrogen-bond donors (Lipinski definition) is 1. The van der Waals surface area contributed by atoms with Crippen LogP contribution in [0.15, 0.2) is 84.0 Å². The van der Waals surface area contributed by atoms with Gasteiger partial charge in [0, 0.05) is 54.4 Å². The maximum Gasteiger partial charge on any atom is 0.261 e. The fourth-order valence-electron chi connectivity index (χ4n) is 4.22. The van der Waals surface area contributed by atoms with Crippen LogP contribution in [0.4, 0.5) is 14.5 Å². The predicted octanol–water partition coefficient (Wildman–Crippen LogP) is 5.94. The average Bonchev–Trinajstić information content (AvgIpc) is 2.95. The molecule has 1 N–H and O–H groups in total. The standard InChI is InChI=1S/C30H23F2N3O5/c1-35-15-21(17-4-6-18(31)7-5-17)29(36)22(16-35)30(37)34-19-8-9-26(23(32)12-19)40-25-10-11-33-24-14-28(39-3)27(38-2)13-20(24)25/h4-16H,1-3H3,(H,34,37). The Morgan fingerprint density at radius 3 is 2.30 bits per heavy atom. The number of hydrogen-bond acceptors (Lipinski definition) is 6. The molecule has 5 rings (SSSR count). The Balaban J connectivity index is 1.40. The van der Waals surface area contributed by atoms with Gasteiger partial charge < -0.3 is 24.1 Å². The van der Waals surface area contributed by atoms with Gasteiger partial charge in [0.05, 0.1) is 19.7 Å². The second kappa shape index (κ2) is 10.9. The van der Waals surface area contributed by atoms with Gasteiger partial charge in [0.15, 0.2) is 23.1 Å². The van der Waals surface area contributed by atoms with E-state index in [-0.39, 0.29) is 22.6 Å². The topological polar surface area (TPSA) is 91.7 Å². The lowest BCUT2D eigenvalue weighted by Gasteiger charge is -2.13. The van der Waals surface area contributed by atoms with Crippen molar-refractivity contribution >= 4 is 22.5 Å². The molecule has 202 valence electrons. The van der Waals surface area contributed by atoms with Gasteiger partial charge >= 0.3 is 0 Å². The number of aromatic nitrogens is 2. The number of ether oxygens (including phenoxy) is 3. The van der Waals surface area contributed by atoms with Crippen molar-refractivity contribution in [2.24, 2.45) is 7.05 Å². The van der Waals surface area contributed by atoms with Crippen molar-refractivity contribution in [3.05, 3.63) is 107 Å². The number of nitrogens with one attached hydrogen (secondary N) is 1.